The van der Waals surface area contributed by atoms with Crippen molar-refractivity contribution in [1.29, 1.82) is 0 Å². The van der Waals surface area contributed by atoms with E-state index in [1.54, 1.807) is 6.07 Å². The van der Waals surface area contributed by atoms with Gasteiger partial charge in [0.1, 0.15) is 0 Å². The highest BCUT2D eigenvalue weighted by molar-refractivity contribution is 5.29. The number of likely N-dealkylation sites (N-methyl/N-ethyl adjacent to an activating group) is 1. The first-order valence-electron chi connectivity index (χ1n) is 6.86. The van der Waals surface area contributed by atoms with Gasteiger partial charge in [-0.2, -0.15) is 13.2 Å². The lowest BCUT2D eigenvalue weighted by Gasteiger charge is -2.18. The lowest BCUT2D eigenvalue weighted by atomic mass is 9.91. The molecule has 0 saturated heterocycles. The van der Waals surface area contributed by atoms with Gasteiger partial charge in [0.15, 0.2) is 0 Å². The number of alkyl halides is 3. The average Bonchev–Trinajstić information content (AvgIpc) is 2.47. The molecular weight excluding hydrogens is 275 g/mol. The maximum Gasteiger partial charge on any atom is 0.416 e. The van der Waals surface area contributed by atoms with Crippen LogP contribution in [0.4, 0.5) is 13.2 Å². The summed E-state index contributed by atoms with van der Waals surface area (Å²) < 4.78 is 38.3. The molecule has 0 saturated carbocycles. The van der Waals surface area contributed by atoms with Crippen molar-refractivity contribution in [2.45, 2.75) is 18.5 Å². The Morgan fingerprint density at radius 3 is 2.33 bits per heavy atom. The van der Waals surface area contributed by atoms with Gasteiger partial charge in [0.25, 0.3) is 0 Å². The fourth-order valence-corrected chi connectivity index (χ4v) is 2.44. The molecule has 2 rings (SSSR count). The SMILES string of the molecule is CNCC(Cc1cccc(C(F)(F)F)c1)c1ccccc1. The summed E-state index contributed by atoms with van der Waals surface area (Å²) in [5, 5.41) is 3.11. The van der Waals surface area contributed by atoms with E-state index < -0.39 is 11.7 Å². The van der Waals surface area contributed by atoms with Crippen LogP contribution in [0.3, 0.4) is 0 Å². The van der Waals surface area contributed by atoms with E-state index in [9.17, 15) is 13.2 Å². The molecule has 0 aliphatic rings. The summed E-state index contributed by atoms with van der Waals surface area (Å²) in [6.07, 6.45) is -3.71. The molecule has 0 aliphatic heterocycles. The van der Waals surface area contributed by atoms with Crippen LogP contribution in [0.1, 0.15) is 22.6 Å². The van der Waals surface area contributed by atoms with Gasteiger partial charge < -0.3 is 5.32 Å². The van der Waals surface area contributed by atoms with Gasteiger partial charge in [-0.1, -0.05) is 48.5 Å². The normalized spacial score (nSPS) is 13.1. The third-order valence-electron chi connectivity index (χ3n) is 3.46. The molecule has 112 valence electrons. The van der Waals surface area contributed by atoms with Crippen molar-refractivity contribution in [2.24, 2.45) is 0 Å². The van der Waals surface area contributed by atoms with E-state index in [1.807, 2.05) is 37.4 Å². The van der Waals surface area contributed by atoms with E-state index in [2.05, 4.69) is 5.32 Å². The summed E-state index contributed by atoms with van der Waals surface area (Å²) in [7, 11) is 1.85. The Morgan fingerprint density at radius 2 is 1.71 bits per heavy atom. The van der Waals surface area contributed by atoms with Crippen LogP contribution in [-0.4, -0.2) is 13.6 Å². The van der Waals surface area contributed by atoms with Gasteiger partial charge in [0, 0.05) is 12.5 Å². The summed E-state index contributed by atoms with van der Waals surface area (Å²) in [5.74, 6) is 0.152. The summed E-state index contributed by atoms with van der Waals surface area (Å²) in [6, 6.07) is 15.4. The number of halogens is 3. The predicted molar refractivity (Wildman–Crippen MR) is 78.3 cm³/mol. The molecule has 1 unspecified atom stereocenters. The molecule has 0 radical (unpaired) electrons. The minimum Gasteiger partial charge on any atom is -0.319 e. The average molecular weight is 293 g/mol. The quantitative estimate of drug-likeness (QED) is 0.869. The van der Waals surface area contributed by atoms with E-state index in [0.29, 0.717) is 12.0 Å². The van der Waals surface area contributed by atoms with Crippen LogP contribution in [-0.2, 0) is 12.6 Å². The second-order valence-electron chi connectivity index (χ2n) is 5.07. The highest BCUT2D eigenvalue weighted by atomic mass is 19.4. The zero-order chi connectivity index (χ0) is 15.3. The molecule has 4 heteroatoms. The molecule has 0 bridgehead atoms. The first-order chi connectivity index (χ1) is 10.0. The van der Waals surface area contributed by atoms with Crippen LogP contribution in [0, 0.1) is 0 Å². The Hall–Kier alpha value is -1.81. The zero-order valence-corrected chi connectivity index (χ0v) is 11.8. The Bertz CT molecular complexity index is 564. The topological polar surface area (TPSA) is 12.0 Å². The van der Waals surface area contributed by atoms with Gasteiger partial charge in [0.05, 0.1) is 5.56 Å². The molecule has 0 fully saturated rings. The Balaban J connectivity index is 2.21. The van der Waals surface area contributed by atoms with E-state index >= 15 is 0 Å². The standard InChI is InChI=1S/C17H18F3N/c1-21-12-15(14-7-3-2-4-8-14)10-13-6-5-9-16(11-13)17(18,19)20/h2-9,11,15,21H,10,12H2,1H3. The fourth-order valence-electron chi connectivity index (χ4n) is 2.44. The molecule has 0 spiro atoms. The molecule has 1 N–H and O–H groups in total. The van der Waals surface area contributed by atoms with Gasteiger partial charge >= 0.3 is 6.18 Å². The van der Waals surface area contributed by atoms with Gasteiger partial charge in [-0.3, -0.25) is 0 Å². The number of benzene rings is 2. The molecule has 1 nitrogen and oxygen atoms in total. The van der Waals surface area contributed by atoms with Gasteiger partial charge in [0.2, 0.25) is 0 Å². The minimum atomic E-state index is -4.29. The molecule has 21 heavy (non-hydrogen) atoms. The van der Waals surface area contributed by atoms with E-state index in [-0.39, 0.29) is 5.92 Å². The Kier molecular flexibility index (Phi) is 5.02. The van der Waals surface area contributed by atoms with Crippen molar-refractivity contribution in [3.63, 3.8) is 0 Å². The first-order valence-corrected chi connectivity index (χ1v) is 6.86. The smallest absolute Gasteiger partial charge is 0.319 e. The molecule has 2 aromatic rings. The molecule has 2 aromatic carbocycles. The Morgan fingerprint density at radius 1 is 1.00 bits per heavy atom. The second kappa shape index (κ2) is 6.76. The third-order valence-corrected chi connectivity index (χ3v) is 3.46. The van der Waals surface area contributed by atoms with Crippen LogP contribution in [0.25, 0.3) is 0 Å². The van der Waals surface area contributed by atoms with Crippen LogP contribution in [0.2, 0.25) is 0 Å². The maximum atomic E-state index is 12.8. The van der Waals surface area contributed by atoms with Crippen LogP contribution in [0.5, 0.6) is 0 Å². The number of rotatable bonds is 5. The third kappa shape index (κ3) is 4.33. The van der Waals surface area contributed by atoms with Crippen molar-refractivity contribution in [2.75, 3.05) is 13.6 Å². The maximum absolute atomic E-state index is 12.8. The summed E-state index contributed by atoms with van der Waals surface area (Å²) in [6.45, 7) is 0.722. The van der Waals surface area contributed by atoms with Crippen molar-refractivity contribution >= 4 is 0 Å². The summed E-state index contributed by atoms with van der Waals surface area (Å²) in [5.41, 5.74) is 1.24. The molecule has 0 aliphatic carbocycles. The van der Waals surface area contributed by atoms with Crippen LogP contribution >= 0.6 is 0 Å². The monoisotopic (exact) mass is 293 g/mol. The van der Waals surface area contributed by atoms with Crippen molar-refractivity contribution in [3.05, 3.63) is 71.3 Å². The zero-order valence-electron chi connectivity index (χ0n) is 11.8. The summed E-state index contributed by atoms with van der Waals surface area (Å²) >= 11 is 0. The predicted octanol–water partition coefficient (Wildman–Crippen LogP) is 4.25. The van der Waals surface area contributed by atoms with Crippen molar-refractivity contribution in [1.82, 2.24) is 5.32 Å². The van der Waals surface area contributed by atoms with Crippen molar-refractivity contribution < 1.29 is 13.2 Å². The van der Waals surface area contributed by atoms with Gasteiger partial charge in [-0.05, 0) is 30.7 Å². The number of hydrogen-bond donors (Lipinski definition) is 1. The molecule has 1 atom stereocenters. The first kappa shape index (κ1) is 15.6. The van der Waals surface area contributed by atoms with Crippen molar-refractivity contribution in [3.8, 4) is 0 Å². The molecular formula is C17H18F3N. The van der Waals surface area contributed by atoms with E-state index in [1.165, 1.54) is 12.1 Å². The molecule has 0 amide bonds. The van der Waals surface area contributed by atoms with Gasteiger partial charge in [-0.25, -0.2) is 0 Å². The largest absolute Gasteiger partial charge is 0.416 e. The lowest BCUT2D eigenvalue weighted by molar-refractivity contribution is -0.137. The second-order valence-corrected chi connectivity index (χ2v) is 5.07. The Labute approximate surface area is 122 Å². The fraction of sp³-hybridized carbons (Fsp3) is 0.294. The van der Waals surface area contributed by atoms with E-state index in [0.717, 1.165) is 18.2 Å². The minimum absolute atomic E-state index is 0.152. The van der Waals surface area contributed by atoms with Crippen LogP contribution < -0.4 is 5.32 Å². The lowest BCUT2D eigenvalue weighted by Crippen LogP contribution is -2.19. The van der Waals surface area contributed by atoms with Gasteiger partial charge in [-0.15, -0.1) is 0 Å². The number of hydrogen-bond acceptors (Lipinski definition) is 1. The highest BCUT2D eigenvalue weighted by Gasteiger charge is 2.30. The number of nitrogens with one attached hydrogen (secondary N) is 1. The summed E-state index contributed by atoms with van der Waals surface area (Å²) in [4.78, 5) is 0. The van der Waals surface area contributed by atoms with Crippen LogP contribution in [0.15, 0.2) is 54.6 Å². The molecule has 0 aromatic heterocycles. The highest BCUT2D eigenvalue weighted by Crippen LogP contribution is 2.30. The van der Waals surface area contributed by atoms with E-state index in [4.69, 9.17) is 0 Å². The molecule has 0 heterocycles.